The molecule has 0 aromatic heterocycles. The van der Waals surface area contributed by atoms with E-state index in [1.807, 2.05) is 24.3 Å². The summed E-state index contributed by atoms with van der Waals surface area (Å²) in [6, 6.07) is 7.48. The topological polar surface area (TPSA) is 23.5 Å². The van der Waals surface area contributed by atoms with Gasteiger partial charge in [0.2, 0.25) is 0 Å². The van der Waals surface area contributed by atoms with Crippen molar-refractivity contribution in [3.05, 3.63) is 34.9 Å². The zero-order valence-electron chi connectivity index (χ0n) is 11.2. The largest absolute Gasteiger partial charge is 0.388 e. The predicted octanol–water partition coefficient (Wildman–Crippen LogP) is 3.64. The molecule has 100 valence electrons. The molecule has 1 unspecified atom stereocenters. The van der Waals surface area contributed by atoms with E-state index in [1.165, 1.54) is 12.8 Å². The Morgan fingerprint density at radius 2 is 2.00 bits per heavy atom. The van der Waals surface area contributed by atoms with Gasteiger partial charge < -0.3 is 5.11 Å². The maximum atomic E-state index is 10.2. The lowest BCUT2D eigenvalue weighted by Crippen LogP contribution is -2.39. The minimum atomic E-state index is -0.390. The molecule has 1 saturated heterocycles. The van der Waals surface area contributed by atoms with Gasteiger partial charge in [-0.1, -0.05) is 23.7 Å². The molecule has 1 atom stereocenters. The number of aliphatic hydroxyl groups excluding tert-OH is 1. The van der Waals surface area contributed by atoms with Crippen LogP contribution in [0.25, 0.3) is 0 Å². The number of hydrogen-bond donors (Lipinski definition) is 1. The van der Waals surface area contributed by atoms with Gasteiger partial charge in [-0.3, -0.25) is 4.90 Å². The fraction of sp³-hybridized carbons (Fsp3) is 0.600. The molecule has 1 N–H and O–H groups in total. The third-order valence-corrected chi connectivity index (χ3v) is 4.25. The number of benzene rings is 1. The van der Waals surface area contributed by atoms with E-state index in [1.54, 1.807) is 0 Å². The van der Waals surface area contributed by atoms with Crippen LogP contribution in [0.1, 0.15) is 44.8 Å². The summed E-state index contributed by atoms with van der Waals surface area (Å²) in [5.74, 6) is 0. The van der Waals surface area contributed by atoms with Crippen LogP contribution in [-0.4, -0.2) is 28.6 Å². The summed E-state index contributed by atoms with van der Waals surface area (Å²) in [6.07, 6.45) is 2.91. The highest BCUT2D eigenvalue weighted by atomic mass is 35.5. The van der Waals surface area contributed by atoms with E-state index < -0.39 is 6.10 Å². The van der Waals surface area contributed by atoms with E-state index >= 15 is 0 Å². The van der Waals surface area contributed by atoms with Crippen LogP contribution in [0.3, 0.4) is 0 Å². The third-order valence-electron chi connectivity index (χ3n) is 4.00. The SMILES string of the molecule is CC1(C)CCCN1CCC(O)c1ccc(Cl)cc1. The maximum Gasteiger partial charge on any atom is 0.0802 e. The highest BCUT2D eigenvalue weighted by Gasteiger charge is 2.31. The zero-order valence-corrected chi connectivity index (χ0v) is 12.0. The van der Waals surface area contributed by atoms with Crippen molar-refractivity contribution in [2.45, 2.75) is 44.8 Å². The summed E-state index contributed by atoms with van der Waals surface area (Å²) in [7, 11) is 0. The Labute approximate surface area is 115 Å². The molecule has 18 heavy (non-hydrogen) atoms. The zero-order chi connectivity index (χ0) is 13.2. The van der Waals surface area contributed by atoms with Gasteiger partial charge in [-0.25, -0.2) is 0 Å². The van der Waals surface area contributed by atoms with Crippen LogP contribution in [-0.2, 0) is 0 Å². The van der Waals surface area contributed by atoms with Crippen LogP contribution < -0.4 is 0 Å². The van der Waals surface area contributed by atoms with Crippen LogP contribution in [0.5, 0.6) is 0 Å². The molecule has 3 heteroatoms. The molecule has 0 radical (unpaired) electrons. The van der Waals surface area contributed by atoms with Crippen molar-refractivity contribution in [1.29, 1.82) is 0 Å². The second-order valence-corrected chi connectivity index (χ2v) is 6.20. The van der Waals surface area contributed by atoms with Crippen molar-refractivity contribution in [3.8, 4) is 0 Å². The molecule has 1 aliphatic rings. The Morgan fingerprint density at radius 1 is 1.33 bits per heavy atom. The summed E-state index contributed by atoms with van der Waals surface area (Å²) >= 11 is 5.84. The number of halogens is 1. The Kier molecular flexibility index (Phi) is 4.31. The second kappa shape index (κ2) is 5.60. The molecule has 1 fully saturated rings. The quantitative estimate of drug-likeness (QED) is 0.900. The third kappa shape index (κ3) is 3.25. The Balaban J connectivity index is 1.88. The van der Waals surface area contributed by atoms with Crippen molar-refractivity contribution < 1.29 is 5.11 Å². The lowest BCUT2D eigenvalue weighted by Gasteiger charge is -2.32. The summed E-state index contributed by atoms with van der Waals surface area (Å²) in [4.78, 5) is 2.48. The Bertz CT molecular complexity index is 388. The van der Waals surface area contributed by atoms with Crippen molar-refractivity contribution in [2.24, 2.45) is 0 Å². The fourth-order valence-corrected chi connectivity index (χ4v) is 2.83. The molecule has 0 amide bonds. The highest BCUT2D eigenvalue weighted by Crippen LogP contribution is 2.29. The van der Waals surface area contributed by atoms with Gasteiger partial charge in [0.1, 0.15) is 0 Å². The van der Waals surface area contributed by atoms with Crippen LogP contribution in [0.2, 0.25) is 5.02 Å². The number of likely N-dealkylation sites (tertiary alicyclic amines) is 1. The van der Waals surface area contributed by atoms with Crippen LogP contribution >= 0.6 is 11.6 Å². The van der Waals surface area contributed by atoms with Gasteiger partial charge in [0.15, 0.2) is 0 Å². The molecule has 1 aromatic carbocycles. The first-order valence-corrected chi connectivity index (χ1v) is 7.05. The number of aliphatic hydroxyl groups is 1. The van der Waals surface area contributed by atoms with Crippen LogP contribution in [0.4, 0.5) is 0 Å². The van der Waals surface area contributed by atoms with E-state index in [2.05, 4.69) is 18.7 Å². The van der Waals surface area contributed by atoms with E-state index in [9.17, 15) is 5.11 Å². The summed E-state index contributed by atoms with van der Waals surface area (Å²) < 4.78 is 0. The number of hydrogen-bond acceptors (Lipinski definition) is 2. The second-order valence-electron chi connectivity index (χ2n) is 5.76. The molecule has 0 saturated carbocycles. The molecule has 2 rings (SSSR count). The van der Waals surface area contributed by atoms with Crippen molar-refractivity contribution in [2.75, 3.05) is 13.1 Å². The number of nitrogens with zero attached hydrogens (tertiary/aromatic N) is 1. The van der Waals surface area contributed by atoms with Gasteiger partial charge in [0.25, 0.3) is 0 Å². The maximum absolute atomic E-state index is 10.2. The monoisotopic (exact) mass is 267 g/mol. The minimum Gasteiger partial charge on any atom is -0.388 e. The average molecular weight is 268 g/mol. The molecular weight excluding hydrogens is 246 g/mol. The normalized spacial score (nSPS) is 21.1. The van der Waals surface area contributed by atoms with E-state index in [0.29, 0.717) is 10.6 Å². The first-order chi connectivity index (χ1) is 8.49. The molecule has 0 bridgehead atoms. The van der Waals surface area contributed by atoms with Crippen molar-refractivity contribution in [3.63, 3.8) is 0 Å². The molecule has 1 heterocycles. The highest BCUT2D eigenvalue weighted by molar-refractivity contribution is 6.30. The molecule has 0 aliphatic carbocycles. The molecule has 1 aliphatic heterocycles. The van der Waals surface area contributed by atoms with E-state index in [4.69, 9.17) is 11.6 Å². The summed E-state index contributed by atoms with van der Waals surface area (Å²) in [5, 5.41) is 10.9. The standard InChI is InChI=1S/C15H22ClNO/c1-15(2)9-3-10-17(15)11-8-14(18)12-4-6-13(16)7-5-12/h4-7,14,18H,3,8-11H2,1-2H3. The van der Waals surface area contributed by atoms with Crippen molar-refractivity contribution >= 4 is 11.6 Å². The van der Waals surface area contributed by atoms with Gasteiger partial charge >= 0.3 is 0 Å². The first kappa shape index (κ1) is 13.9. The van der Waals surface area contributed by atoms with Crippen LogP contribution in [0, 0.1) is 0 Å². The van der Waals surface area contributed by atoms with Gasteiger partial charge in [-0.15, -0.1) is 0 Å². The predicted molar refractivity (Wildman–Crippen MR) is 75.9 cm³/mol. The molecule has 0 spiro atoms. The summed E-state index contributed by atoms with van der Waals surface area (Å²) in [5.41, 5.74) is 1.25. The van der Waals surface area contributed by atoms with E-state index in [-0.39, 0.29) is 0 Å². The van der Waals surface area contributed by atoms with Crippen LogP contribution in [0.15, 0.2) is 24.3 Å². The van der Waals surface area contributed by atoms with Gasteiger partial charge in [-0.2, -0.15) is 0 Å². The Morgan fingerprint density at radius 3 is 2.56 bits per heavy atom. The fourth-order valence-electron chi connectivity index (χ4n) is 2.71. The smallest absolute Gasteiger partial charge is 0.0802 e. The van der Waals surface area contributed by atoms with Crippen molar-refractivity contribution in [1.82, 2.24) is 4.90 Å². The first-order valence-electron chi connectivity index (χ1n) is 6.68. The lowest BCUT2D eigenvalue weighted by molar-refractivity contribution is 0.115. The molecule has 1 aromatic rings. The van der Waals surface area contributed by atoms with Gasteiger partial charge in [-0.05, 0) is 57.4 Å². The molecular formula is C15H22ClNO. The van der Waals surface area contributed by atoms with Gasteiger partial charge in [0, 0.05) is 17.1 Å². The number of rotatable bonds is 4. The average Bonchev–Trinajstić information content (AvgIpc) is 2.66. The molecule has 2 nitrogen and oxygen atoms in total. The van der Waals surface area contributed by atoms with Gasteiger partial charge in [0.05, 0.1) is 6.10 Å². The Hall–Kier alpha value is -0.570. The minimum absolute atomic E-state index is 0.291. The van der Waals surface area contributed by atoms with E-state index in [0.717, 1.165) is 25.1 Å². The summed E-state index contributed by atoms with van der Waals surface area (Å²) in [6.45, 7) is 6.68. The lowest BCUT2D eigenvalue weighted by atomic mass is 10.0.